The van der Waals surface area contributed by atoms with Crippen LogP contribution in [-0.4, -0.2) is 22.0 Å². The number of hydrogen-bond acceptors (Lipinski definition) is 5. The molecule has 0 bridgehead atoms. The van der Waals surface area contributed by atoms with Crippen molar-refractivity contribution >= 4 is 30.9 Å². The lowest BCUT2D eigenvalue weighted by atomic mass is 10.3. The number of sulfonamides is 2. The second kappa shape index (κ2) is 3.27. The Morgan fingerprint density at radius 1 is 1.25 bits per heavy atom. The highest BCUT2D eigenvalue weighted by molar-refractivity contribution is 8.06. The van der Waals surface area contributed by atoms with Crippen LogP contribution < -0.4 is 10.5 Å². The fourth-order valence-electron chi connectivity index (χ4n) is 1.21. The summed E-state index contributed by atoms with van der Waals surface area (Å²) in [6.07, 6.45) is 0. The van der Waals surface area contributed by atoms with Gasteiger partial charge in [0, 0.05) is 0 Å². The van der Waals surface area contributed by atoms with Crippen molar-refractivity contribution in [3.63, 3.8) is 0 Å². The number of fused-ring (bicyclic) bond motifs is 1. The van der Waals surface area contributed by atoms with E-state index in [0.717, 1.165) is 0 Å². The molecule has 0 fully saturated rings. The number of benzene rings is 1. The smallest absolute Gasteiger partial charge is 0.287 e. The lowest BCUT2D eigenvalue weighted by molar-refractivity contribution is 0.595. The number of rotatable bonds is 0. The number of hydrogen-bond donors (Lipinski definition) is 2. The summed E-state index contributed by atoms with van der Waals surface area (Å²) < 4.78 is 48.3. The van der Waals surface area contributed by atoms with Crippen LogP contribution in [0.1, 0.15) is 0 Å². The SMILES string of the molecule is NS(=O)(=O)C1=NS(=O)(=O)c2ccccc2N1. The third kappa shape index (κ3) is 1.79. The van der Waals surface area contributed by atoms with E-state index in [2.05, 4.69) is 9.71 Å². The van der Waals surface area contributed by atoms with Crippen LogP contribution in [-0.2, 0) is 20.0 Å². The van der Waals surface area contributed by atoms with Crippen molar-refractivity contribution < 1.29 is 16.8 Å². The first kappa shape index (κ1) is 11.0. The average molecular weight is 261 g/mol. The molecule has 0 atom stereocenters. The van der Waals surface area contributed by atoms with Gasteiger partial charge in [0.05, 0.1) is 5.69 Å². The topological polar surface area (TPSA) is 119 Å². The third-order valence-corrected chi connectivity index (χ3v) is 4.06. The molecule has 0 amide bonds. The van der Waals surface area contributed by atoms with Crippen LogP contribution in [0.5, 0.6) is 0 Å². The summed E-state index contributed by atoms with van der Waals surface area (Å²) in [7, 11) is -8.19. The molecule has 0 radical (unpaired) electrons. The molecule has 0 spiro atoms. The van der Waals surface area contributed by atoms with Crippen LogP contribution in [0.4, 0.5) is 5.69 Å². The van der Waals surface area contributed by atoms with Gasteiger partial charge in [-0.25, -0.2) is 13.6 Å². The Hall–Kier alpha value is -1.45. The molecule has 1 aliphatic heterocycles. The molecular weight excluding hydrogens is 254 g/mol. The van der Waals surface area contributed by atoms with E-state index in [1.807, 2.05) is 0 Å². The maximum Gasteiger partial charge on any atom is 0.287 e. The van der Waals surface area contributed by atoms with Crippen LogP contribution >= 0.6 is 0 Å². The molecule has 7 nitrogen and oxygen atoms in total. The van der Waals surface area contributed by atoms with Gasteiger partial charge in [-0.2, -0.15) is 8.42 Å². The number of anilines is 1. The second-order valence-electron chi connectivity index (χ2n) is 3.04. The Balaban J connectivity index is 2.71. The Morgan fingerprint density at radius 2 is 1.88 bits per heavy atom. The number of nitrogens with zero attached hydrogens (tertiary/aromatic N) is 1. The van der Waals surface area contributed by atoms with Crippen LogP contribution in [0.2, 0.25) is 0 Å². The maximum absolute atomic E-state index is 11.6. The summed E-state index contributed by atoms with van der Waals surface area (Å²) in [5.41, 5.74) is 0.140. The number of para-hydroxylation sites is 1. The fraction of sp³-hybridized carbons (Fsp3) is 0. The van der Waals surface area contributed by atoms with Gasteiger partial charge in [-0.05, 0) is 12.1 Å². The zero-order valence-electron chi connectivity index (χ0n) is 7.78. The summed E-state index contributed by atoms with van der Waals surface area (Å²) in [4.78, 5) is -0.0811. The summed E-state index contributed by atoms with van der Waals surface area (Å²) in [5, 5.41) is 6.38. The molecule has 1 aromatic rings. The van der Waals surface area contributed by atoms with Crippen LogP contribution in [0.15, 0.2) is 33.6 Å². The predicted octanol–water partition coefficient (Wildman–Crippen LogP) is -0.555. The van der Waals surface area contributed by atoms with Crippen molar-refractivity contribution in [1.29, 1.82) is 0 Å². The van der Waals surface area contributed by atoms with Crippen LogP contribution in [0.25, 0.3) is 0 Å². The first-order valence-corrected chi connectivity index (χ1v) is 7.03. The van der Waals surface area contributed by atoms with Crippen LogP contribution in [0, 0.1) is 0 Å². The van der Waals surface area contributed by atoms with E-state index in [1.165, 1.54) is 18.2 Å². The quantitative estimate of drug-likeness (QED) is 0.649. The molecule has 0 saturated heterocycles. The van der Waals surface area contributed by atoms with Crippen LogP contribution in [0.3, 0.4) is 0 Å². The van der Waals surface area contributed by atoms with Gasteiger partial charge in [0.2, 0.25) is 0 Å². The summed E-state index contributed by atoms with van der Waals surface area (Å²) in [5.74, 6) is 0. The number of nitrogens with one attached hydrogen (secondary N) is 1. The molecule has 3 N–H and O–H groups in total. The first-order chi connectivity index (χ1) is 7.31. The van der Waals surface area contributed by atoms with Crippen molar-refractivity contribution in [2.24, 2.45) is 9.54 Å². The fourth-order valence-corrected chi connectivity index (χ4v) is 3.19. The van der Waals surface area contributed by atoms with Gasteiger partial charge in [-0.15, -0.1) is 4.40 Å². The predicted molar refractivity (Wildman–Crippen MR) is 57.8 cm³/mol. The summed E-state index contributed by atoms with van der Waals surface area (Å²) in [6.45, 7) is 0. The molecule has 0 aliphatic carbocycles. The molecule has 86 valence electrons. The van der Waals surface area contributed by atoms with Gasteiger partial charge >= 0.3 is 0 Å². The molecule has 9 heteroatoms. The lowest BCUT2D eigenvalue weighted by Crippen LogP contribution is -2.33. The zero-order chi connectivity index (χ0) is 12.0. The van der Waals surface area contributed by atoms with Gasteiger partial charge < -0.3 is 5.32 Å². The minimum Gasteiger partial charge on any atom is -0.328 e. The molecule has 16 heavy (non-hydrogen) atoms. The van der Waals surface area contributed by atoms with Crippen molar-refractivity contribution in [2.75, 3.05) is 5.32 Å². The van der Waals surface area contributed by atoms with Gasteiger partial charge in [0.1, 0.15) is 4.90 Å². The van der Waals surface area contributed by atoms with E-state index in [0.29, 0.717) is 0 Å². The minimum atomic E-state index is -4.18. The third-order valence-electron chi connectivity index (χ3n) is 1.88. The second-order valence-corrected chi connectivity index (χ2v) is 6.09. The van der Waals surface area contributed by atoms with E-state index in [9.17, 15) is 16.8 Å². The summed E-state index contributed by atoms with van der Waals surface area (Å²) >= 11 is 0. The molecule has 2 rings (SSSR count). The molecule has 1 heterocycles. The van der Waals surface area contributed by atoms with E-state index in [4.69, 9.17) is 5.14 Å². The molecule has 1 aliphatic rings. The van der Waals surface area contributed by atoms with E-state index in [1.54, 1.807) is 6.07 Å². The maximum atomic E-state index is 11.6. The van der Waals surface area contributed by atoms with E-state index in [-0.39, 0.29) is 10.6 Å². The highest BCUT2D eigenvalue weighted by atomic mass is 32.2. The Labute approximate surface area is 92.1 Å². The number of nitrogens with two attached hydrogens (primary N) is 1. The highest BCUT2D eigenvalue weighted by Gasteiger charge is 2.29. The Morgan fingerprint density at radius 3 is 2.50 bits per heavy atom. The average Bonchev–Trinajstić information content (AvgIpc) is 2.15. The van der Waals surface area contributed by atoms with Gasteiger partial charge in [-0.1, -0.05) is 12.1 Å². The molecule has 1 aromatic carbocycles. The number of primary sulfonamides is 1. The molecule has 0 saturated carbocycles. The highest BCUT2D eigenvalue weighted by Crippen LogP contribution is 2.26. The van der Waals surface area contributed by atoms with Gasteiger partial charge in [0.25, 0.3) is 25.2 Å². The van der Waals surface area contributed by atoms with Crippen molar-refractivity contribution in [3.8, 4) is 0 Å². The number of amidine groups is 1. The standard InChI is InChI=1S/C7H7N3O4S2/c8-15(11,12)7-9-5-3-1-2-4-6(5)16(13,14)10-7/h1-4H,(H,9,10)(H2,8,11,12). The lowest BCUT2D eigenvalue weighted by Gasteiger charge is -2.15. The van der Waals surface area contributed by atoms with E-state index >= 15 is 0 Å². The van der Waals surface area contributed by atoms with Crippen molar-refractivity contribution in [1.82, 2.24) is 0 Å². The normalized spacial score (nSPS) is 18.2. The first-order valence-electron chi connectivity index (χ1n) is 4.04. The zero-order valence-corrected chi connectivity index (χ0v) is 9.42. The Kier molecular flexibility index (Phi) is 2.26. The monoisotopic (exact) mass is 261 g/mol. The van der Waals surface area contributed by atoms with Crippen molar-refractivity contribution in [2.45, 2.75) is 4.90 Å². The minimum absolute atomic E-state index is 0.0811. The van der Waals surface area contributed by atoms with Gasteiger partial charge in [-0.3, -0.25) is 0 Å². The van der Waals surface area contributed by atoms with Crippen molar-refractivity contribution in [3.05, 3.63) is 24.3 Å². The molecule has 0 unspecified atom stereocenters. The largest absolute Gasteiger partial charge is 0.328 e. The van der Waals surface area contributed by atoms with Gasteiger partial charge in [0.15, 0.2) is 0 Å². The molecule has 0 aromatic heterocycles. The van der Waals surface area contributed by atoms with E-state index < -0.39 is 25.2 Å². The Bertz CT molecular complexity index is 675. The summed E-state index contributed by atoms with van der Waals surface area (Å²) in [6, 6.07) is 5.82. The molecular formula is C7H7N3O4S2.